The molecule has 16 heavy (non-hydrogen) atoms. The minimum Gasteiger partial charge on any atom is -0.393 e. The van der Waals surface area contributed by atoms with E-state index in [1.807, 2.05) is 0 Å². The van der Waals surface area contributed by atoms with Crippen molar-refractivity contribution in [1.29, 1.82) is 0 Å². The highest BCUT2D eigenvalue weighted by Gasteiger charge is 2.27. The predicted molar refractivity (Wildman–Crippen MR) is 66.5 cm³/mol. The summed E-state index contributed by atoms with van der Waals surface area (Å²) < 4.78 is 45.2. The minimum atomic E-state index is -2.11. The molecule has 2 rings (SSSR count). The zero-order valence-corrected chi connectivity index (χ0v) is 9.73. The molecule has 0 aromatic carbocycles. The highest BCUT2D eigenvalue weighted by Crippen LogP contribution is 2.24. The summed E-state index contributed by atoms with van der Waals surface area (Å²) in [5, 5.41) is 10.3. The average molecular weight is 232 g/mol. The van der Waals surface area contributed by atoms with Crippen LogP contribution in [-0.2, 0) is 0 Å². The molecule has 3 atom stereocenters. The fraction of sp³-hybridized carbons (Fsp3) is 1.00. The summed E-state index contributed by atoms with van der Waals surface area (Å²) in [6, 6.07) is -0.268. The SMILES string of the molecule is [2H]C([2H])([2H])N1CCC[C@@H]1CC(O)C[C@@H]1CCCN1C([2H])([2H])[2H]. The van der Waals surface area contributed by atoms with E-state index in [1.165, 1.54) is 9.80 Å². The van der Waals surface area contributed by atoms with Crippen LogP contribution in [0.5, 0.6) is 0 Å². The van der Waals surface area contributed by atoms with Crippen LogP contribution >= 0.6 is 0 Å². The van der Waals surface area contributed by atoms with Gasteiger partial charge in [-0.3, -0.25) is 0 Å². The van der Waals surface area contributed by atoms with Gasteiger partial charge in [0.1, 0.15) is 0 Å². The Hall–Kier alpha value is -0.120. The molecule has 0 radical (unpaired) electrons. The van der Waals surface area contributed by atoms with E-state index in [4.69, 9.17) is 8.22 Å². The van der Waals surface area contributed by atoms with Gasteiger partial charge in [-0.15, -0.1) is 0 Å². The number of likely N-dealkylation sites (tertiary alicyclic amines) is 2. The number of aliphatic hydroxyl groups excluding tert-OH is 1. The maximum atomic E-state index is 10.3. The van der Waals surface area contributed by atoms with Crippen LogP contribution in [0.4, 0.5) is 0 Å². The lowest BCUT2D eigenvalue weighted by atomic mass is 10.00. The van der Waals surface area contributed by atoms with Crippen molar-refractivity contribution in [1.82, 2.24) is 9.80 Å². The number of hydrogen-bond donors (Lipinski definition) is 1. The highest BCUT2D eigenvalue weighted by atomic mass is 16.3. The van der Waals surface area contributed by atoms with Gasteiger partial charge in [0.2, 0.25) is 0 Å². The molecule has 2 fully saturated rings. The molecule has 0 saturated carbocycles. The molecule has 0 bridgehead atoms. The molecule has 2 heterocycles. The Kier molecular flexibility index (Phi) is 2.30. The second-order valence-corrected chi connectivity index (χ2v) is 5.10. The first-order valence-corrected chi connectivity index (χ1v) is 6.30. The van der Waals surface area contributed by atoms with E-state index < -0.39 is 20.1 Å². The first-order chi connectivity index (χ1) is 10.1. The first-order valence-electron chi connectivity index (χ1n) is 9.30. The lowest BCUT2D eigenvalue weighted by Crippen LogP contribution is -2.33. The van der Waals surface area contributed by atoms with Crippen LogP contribution in [0.2, 0.25) is 0 Å². The van der Waals surface area contributed by atoms with E-state index in [2.05, 4.69) is 0 Å². The Labute approximate surface area is 108 Å². The monoisotopic (exact) mass is 232 g/mol. The molecule has 0 aromatic rings. The fourth-order valence-corrected chi connectivity index (χ4v) is 2.89. The Morgan fingerprint density at radius 2 is 1.62 bits per heavy atom. The number of hydrogen-bond acceptors (Lipinski definition) is 3. The van der Waals surface area contributed by atoms with Gasteiger partial charge in [-0.1, -0.05) is 0 Å². The third kappa shape index (κ3) is 2.96. The molecule has 2 saturated heterocycles. The van der Waals surface area contributed by atoms with Gasteiger partial charge in [0.25, 0.3) is 0 Å². The summed E-state index contributed by atoms with van der Waals surface area (Å²) in [5.74, 6) is 0. The summed E-state index contributed by atoms with van der Waals surface area (Å²) in [4.78, 5) is 2.98. The van der Waals surface area contributed by atoms with E-state index >= 15 is 0 Å². The molecule has 0 aromatic heterocycles. The van der Waals surface area contributed by atoms with Crippen LogP contribution in [0.15, 0.2) is 0 Å². The van der Waals surface area contributed by atoms with Gasteiger partial charge in [0, 0.05) is 20.3 Å². The molecule has 0 spiro atoms. The fourth-order valence-electron chi connectivity index (χ4n) is 2.89. The van der Waals surface area contributed by atoms with Crippen molar-refractivity contribution in [3.8, 4) is 0 Å². The summed E-state index contributed by atoms with van der Waals surface area (Å²) in [7, 11) is 0. The van der Waals surface area contributed by atoms with Crippen molar-refractivity contribution < 1.29 is 13.3 Å². The average Bonchev–Trinajstić information content (AvgIpc) is 2.95. The van der Waals surface area contributed by atoms with Crippen LogP contribution in [0.3, 0.4) is 0 Å². The summed E-state index contributed by atoms with van der Waals surface area (Å²) in [6.07, 6.45) is 3.39. The van der Waals surface area contributed by atoms with Crippen molar-refractivity contribution >= 4 is 0 Å². The van der Waals surface area contributed by atoms with Crippen molar-refractivity contribution in [2.24, 2.45) is 0 Å². The maximum Gasteiger partial charge on any atom is 0.0570 e. The van der Waals surface area contributed by atoms with E-state index in [-0.39, 0.29) is 12.1 Å². The van der Waals surface area contributed by atoms with E-state index in [0.717, 1.165) is 25.7 Å². The molecule has 94 valence electrons. The number of aliphatic hydroxyl groups is 1. The van der Waals surface area contributed by atoms with Crippen molar-refractivity contribution in [2.75, 3.05) is 27.0 Å². The van der Waals surface area contributed by atoms with Crippen molar-refractivity contribution in [3.05, 3.63) is 0 Å². The Morgan fingerprint density at radius 1 is 1.12 bits per heavy atom. The molecule has 0 amide bonds. The Morgan fingerprint density at radius 3 is 2.06 bits per heavy atom. The van der Waals surface area contributed by atoms with E-state index in [1.54, 1.807) is 0 Å². The van der Waals surface area contributed by atoms with Crippen LogP contribution in [0.1, 0.15) is 46.7 Å². The topological polar surface area (TPSA) is 26.7 Å². The van der Waals surface area contributed by atoms with Gasteiger partial charge in [0.15, 0.2) is 0 Å². The van der Waals surface area contributed by atoms with Crippen LogP contribution in [0.25, 0.3) is 0 Å². The maximum absolute atomic E-state index is 10.3. The molecule has 0 aliphatic carbocycles. The van der Waals surface area contributed by atoms with Crippen LogP contribution < -0.4 is 0 Å². The molecule has 2 aliphatic heterocycles. The first kappa shape index (κ1) is 6.72. The molecule has 1 N–H and O–H groups in total. The third-order valence-electron chi connectivity index (χ3n) is 3.84. The highest BCUT2D eigenvalue weighted by molar-refractivity contribution is 4.83. The van der Waals surface area contributed by atoms with Gasteiger partial charge >= 0.3 is 0 Å². The van der Waals surface area contributed by atoms with E-state index in [0.29, 0.717) is 25.9 Å². The third-order valence-corrected chi connectivity index (χ3v) is 3.84. The van der Waals surface area contributed by atoms with Gasteiger partial charge < -0.3 is 14.9 Å². The van der Waals surface area contributed by atoms with Gasteiger partial charge in [-0.2, -0.15) is 0 Å². The molecular weight excluding hydrogens is 200 g/mol. The van der Waals surface area contributed by atoms with Gasteiger partial charge in [0.05, 0.1) is 6.10 Å². The van der Waals surface area contributed by atoms with Gasteiger partial charge in [-0.25, -0.2) is 0 Å². The van der Waals surface area contributed by atoms with Crippen LogP contribution in [-0.4, -0.2) is 60.1 Å². The summed E-state index contributed by atoms with van der Waals surface area (Å²) in [5.41, 5.74) is 0. The van der Waals surface area contributed by atoms with Crippen molar-refractivity contribution in [2.45, 2.75) is 56.7 Å². The molecule has 3 nitrogen and oxygen atoms in total. The number of rotatable bonds is 4. The predicted octanol–water partition coefficient (Wildman–Crippen LogP) is 1.32. The molecule has 3 heteroatoms. The largest absolute Gasteiger partial charge is 0.393 e. The Bertz CT molecular complexity index is 339. The second kappa shape index (κ2) is 5.48. The lowest BCUT2D eigenvalue weighted by molar-refractivity contribution is 0.0961. The van der Waals surface area contributed by atoms with E-state index in [9.17, 15) is 5.11 Å². The Balaban J connectivity index is 1.89. The quantitative estimate of drug-likeness (QED) is 0.792. The standard InChI is InChI=1S/C13H26N2O/c1-14-7-3-5-11(14)9-13(16)10-12-6-4-8-15(12)2/h11-13,16H,3-10H2,1-2H3/t11-,12+,13?/i1D3,2D3. The lowest BCUT2D eigenvalue weighted by Gasteiger charge is -2.26. The molecule has 2 aliphatic rings. The molecule has 1 unspecified atom stereocenters. The van der Waals surface area contributed by atoms with Crippen LogP contribution in [0, 0.1) is 0 Å². The molecular formula is C13H26N2O. The summed E-state index contributed by atoms with van der Waals surface area (Å²) in [6.45, 7) is -3.14. The van der Waals surface area contributed by atoms with Gasteiger partial charge in [-0.05, 0) is 65.6 Å². The summed E-state index contributed by atoms with van der Waals surface area (Å²) >= 11 is 0. The normalized spacial score (nSPS) is 41.8. The van der Waals surface area contributed by atoms with Crippen molar-refractivity contribution in [3.63, 3.8) is 0 Å². The smallest absolute Gasteiger partial charge is 0.0570 e. The zero-order chi connectivity index (χ0) is 16.5. The minimum absolute atomic E-state index is 0.134. The number of nitrogens with zero attached hydrogens (tertiary/aromatic N) is 2. The second-order valence-electron chi connectivity index (χ2n) is 5.10. The zero-order valence-electron chi connectivity index (χ0n) is 15.7.